The Kier molecular flexibility index (Phi) is 9.01. The molecule has 3 N–H and O–H groups in total. The number of amides is 1. The molecule has 1 aromatic heterocycles. The zero-order valence-electron chi connectivity index (χ0n) is 17.3. The monoisotopic (exact) mass is 418 g/mol. The fraction of sp³-hybridized carbons (Fsp3) is 0.500. The Balaban J connectivity index is 2.08. The molecule has 29 heavy (non-hydrogen) atoms. The number of nitrogens with one attached hydrogen (secondary N) is 3. The van der Waals surface area contributed by atoms with Crippen LogP contribution in [0.25, 0.3) is 10.8 Å². The van der Waals surface area contributed by atoms with Gasteiger partial charge in [-0.05, 0) is 51.8 Å². The van der Waals surface area contributed by atoms with Gasteiger partial charge in [0.2, 0.25) is 0 Å². The van der Waals surface area contributed by atoms with Gasteiger partial charge in [-0.2, -0.15) is 5.10 Å². The summed E-state index contributed by atoms with van der Waals surface area (Å²) in [6, 6.07) is 7.02. The molecule has 0 aliphatic rings. The van der Waals surface area contributed by atoms with Crippen molar-refractivity contribution in [1.29, 1.82) is 0 Å². The summed E-state index contributed by atoms with van der Waals surface area (Å²) in [6.07, 6.45) is 3.80. The number of aryl methyl sites for hydroxylation is 1. The molecule has 2 rings (SSSR count). The normalized spacial score (nSPS) is 10.9. The van der Waals surface area contributed by atoms with E-state index in [1.165, 1.54) is 4.68 Å². The number of rotatable bonds is 9. The number of hydrogen-bond donors (Lipinski definition) is 3. The Hall–Kier alpha value is -2.52. The molecule has 0 spiro atoms. The quantitative estimate of drug-likeness (QED) is 0.324. The van der Waals surface area contributed by atoms with E-state index in [2.05, 4.69) is 33.1 Å². The second-order valence-electron chi connectivity index (χ2n) is 7.12. The van der Waals surface area contributed by atoms with Gasteiger partial charge in [0.05, 0.1) is 5.39 Å². The van der Waals surface area contributed by atoms with Crippen molar-refractivity contribution in [1.82, 2.24) is 30.8 Å². The molecule has 1 aromatic carbocycles. The zero-order chi connectivity index (χ0) is 21.2. The van der Waals surface area contributed by atoms with E-state index in [9.17, 15) is 9.59 Å². The predicted molar refractivity (Wildman–Crippen MR) is 120 cm³/mol. The van der Waals surface area contributed by atoms with Gasteiger partial charge in [0, 0.05) is 18.5 Å². The number of hydrazine groups is 1. The summed E-state index contributed by atoms with van der Waals surface area (Å²) in [5.41, 5.74) is 5.29. The molecule has 158 valence electrons. The molecule has 0 radical (unpaired) electrons. The topological polar surface area (TPSA) is 91.3 Å². The standard InChI is InChI=1S/C20H30N6O2S/c1-4-5-8-14-26-19(28)16-11-7-6-10-15(16)17(24-26)18(27)22-23-20(29)21-12-9-13-25(2)3/h6-7,10-11H,4-5,8-9,12-14H2,1-3H3,(H,22,27)(H2,21,23,29). The van der Waals surface area contributed by atoms with Crippen molar-refractivity contribution in [3.05, 3.63) is 40.3 Å². The molecule has 9 heteroatoms. The van der Waals surface area contributed by atoms with Crippen molar-refractivity contribution in [2.75, 3.05) is 27.2 Å². The van der Waals surface area contributed by atoms with Crippen LogP contribution in [0.15, 0.2) is 29.1 Å². The second-order valence-corrected chi connectivity index (χ2v) is 7.53. The number of aromatic nitrogens is 2. The fourth-order valence-electron chi connectivity index (χ4n) is 2.88. The van der Waals surface area contributed by atoms with E-state index in [1.807, 2.05) is 14.1 Å². The Morgan fingerprint density at radius 1 is 1.14 bits per heavy atom. The van der Waals surface area contributed by atoms with Gasteiger partial charge in [-0.15, -0.1) is 0 Å². The third-order valence-electron chi connectivity index (χ3n) is 4.41. The van der Waals surface area contributed by atoms with Crippen LogP contribution in [0.4, 0.5) is 0 Å². The molecule has 0 atom stereocenters. The lowest BCUT2D eigenvalue weighted by molar-refractivity contribution is 0.0938. The van der Waals surface area contributed by atoms with Gasteiger partial charge in [0.15, 0.2) is 10.8 Å². The minimum Gasteiger partial charge on any atom is -0.361 e. The number of thiocarbonyl (C=S) groups is 1. The largest absolute Gasteiger partial charge is 0.361 e. The molecule has 1 amide bonds. The molecule has 2 aromatic rings. The van der Waals surface area contributed by atoms with Crippen molar-refractivity contribution in [3.63, 3.8) is 0 Å². The van der Waals surface area contributed by atoms with Crippen molar-refractivity contribution in [3.8, 4) is 0 Å². The number of carbonyl (C=O) groups excluding carboxylic acids is 1. The van der Waals surface area contributed by atoms with Crippen LogP contribution in [0.3, 0.4) is 0 Å². The van der Waals surface area contributed by atoms with Crippen LogP contribution >= 0.6 is 12.2 Å². The lowest BCUT2D eigenvalue weighted by Gasteiger charge is -2.14. The second kappa shape index (κ2) is 11.5. The third-order valence-corrected chi connectivity index (χ3v) is 4.66. The number of nitrogens with zero attached hydrogens (tertiary/aromatic N) is 3. The van der Waals surface area contributed by atoms with Crippen molar-refractivity contribution < 1.29 is 4.79 Å². The first-order valence-electron chi connectivity index (χ1n) is 9.92. The first-order valence-corrected chi connectivity index (χ1v) is 10.3. The average Bonchev–Trinajstić information content (AvgIpc) is 2.71. The fourth-order valence-corrected chi connectivity index (χ4v) is 3.03. The minimum absolute atomic E-state index is 0.181. The van der Waals surface area contributed by atoms with E-state index in [1.54, 1.807) is 24.3 Å². The SMILES string of the molecule is CCCCCn1nc(C(=O)NNC(=S)NCCCN(C)C)c2ccccc2c1=O. The van der Waals surface area contributed by atoms with E-state index in [4.69, 9.17) is 12.2 Å². The number of carbonyl (C=O) groups is 1. The highest BCUT2D eigenvalue weighted by Crippen LogP contribution is 2.13. The maximum Gasteiger partial charge on any atom is 0.290 e. The van der Waals surface area contributed by atoms with Crippen molar-refractivity contribution in [2.45, 2.75) is 39.2 Å². The summed E-state index contributed by atoms with van der Waals surface area (Å²) in [7, 11) is 4.02. The van der Waals surface area contributed by atoms with E-state index < -0.39 is 5.91 Å². The van der Waals surface area contributed by atoms with E-state index in [-0.39, 0.29) is 11.3 Å². The molecule has 0 fully saturated rings. The summed E-state index contributed by atoms with van der Waals surface area (Å²) >= 11 is 5.19. The van der Waals surface area contributed by atoms with Gasteiger partial charge in [-0.3, -0.25) is 20.4 Å². The van der Waals surface area contributed by atoms with Gasteiger partial charge in [-0.25, -0.2) is 4.68 Å². The molecule has 0 aliphatic heterocycles. The molecule has 0 saturated heterocycles. The Morgan fingerprint density at radius 3 is 2.55 bits per heavy atom. The van der Waals surface area contributed by atoms with Gasteiger partial charge in [0.25, 0.3) is 11.5 Å². The van der Waals surface area contributed by atoms with Crippen LogP contribution in [0.5, 0.6) is 0 Å². The Labute approximate surface area is 176 Å². The van der Waals surface area contributed by atoms with Crippen molar-refractivity contribution in [2.24, 2.45) is 0 Å². The van der Waals surface area contributed by atoms with Crippen LogP contribution in [0.1, 0.15) is 43.1 Å². The molecule has 0 unspecified atom stereocenters. The van der Waals surface area contributed by atoms with Crippen LogP contribution in [-0.2, 0) is 6.54 Å². The van der Waals surface area contributed by atoms with Crippen LogP contribution in [-0.4, -0.2) is 52.9 Å². The first-order chi connectivity index (χ1) is 13.9. The lowest BCUT2D eigenvalue weighted by Crippen LogP contribution is -2.47. The maximum absolute atomic E-state index is 12.7. The van der Waals surface area contributed by atoms with Crippen LogP contribution < -0.4 is 21.7 Å². The Morgan fingerprint density at radius 2 is 1.86 bits per heavy atom. The lowest BCUT2D eigenvalue weighted by atomic mass is 10.1. The molecule has 1 heterocycles. The summed E-state index contributed by atoms with van der Waals surface area (Å²) in [5, 5.41) is 8.70. The summed E-state index contributed by atoms with van der Waals surface area (Å²) in [4.78, 5) is 27.5. The molecular formula is C20H30N6O2S. The van der Waals surface area contributed by atoms with Gasteiger partial charge in [-0.1, -0.05) is 38.0 Å². The van der Waals surface area contributed by atoms with Gasteiger partial charge in [0.1, 0.15) is 0 Å². The third kappa shape index (κ3) is 6.79. The summed E-state index contributed by atoms with van der Waals surface area (Å²) < 4.78 is 1.38. The first kappa shape index (κ1) is 22.8. The molecular weight excluding hydrogens is 388 g/mol. The van der Waals surface area contributed by atoms with Crippen LogP contribution in [0.2, 0.25) is 0 Å². The average molecular weight is 419 g/mol. The highest BCUT2D eigenvalue weighted by atomic mass is 32.1. The minimum atomic E-state index is -0.442. The molecule has 0 bridgehead atoms. The summed E-state index contributed by atoms with van der Waals surface area (Å²) in [5.74, 6) is -0.442. The molecule has 0 saturated carbocycles. The predicted octanol–water partition coefficient (Wildman–Crippen LogP) is 1.65. The maximum atomic E-state index is 12.7. The number of fused-ring (bicyclic) bond motifs is 1. The van der Waals surface area contributed by atoms with Gasteiger partial charge >= 0.3 is 0 Å². The highest BCUT2D eigenvalue weighted by Gasteiger charge is 2.16. The van der Waals surface area contributed by atoms with E-state index in [0.717, 1.165) is 32.2 Å². The Bertz CT molecular complexity index is 896. The van der Waals surface area contributed by atoms with Crippen LogP contribution in [0, 0.1) is 0 Å². The highest BCUT2D eigenvalue weighted by molar-refractivity contribution is 7.80. The summed E-state index contributed by atoms with van der Waals surface area (Å²) in [6.45, 7) is 4.22. The molecule has 8 nitrogen and oxygen atoms in total. The number of unbranched alkanes of at least 4 members (excludes halogenated alkanes) is 2. The van der Waals surface area contributed by atoms with Gasteiger partial charge < -0.3 is 10.2 Å². The number of benzene rings is 1. The molecule has 0 aliphatic carbocycles. The van der Waals surface area contributed by atoms with Crippen molar-refractivity contribution >= 4 is 34.0 Å². The number of hydrogen-bond acceptors (Lipinski definition) is 5. The van der Waals surface area contributed by atoms with E-state index in [0.29, 0.717) is 29.0 Å². The van der Waals surface area contributed by atoms with E-state index >= 15 is 0 Å². The zero-order valence-corrected chi connectivity index (χ0v) is 18.1. The smallest absolute Gasteiger partial charge is 0.290 e.